The van der Waals surface area contributed by atoms with Crippen LogP contribution in [-0.4, -0.2) is 49.9 Å². The molecule has 4 rings (SSSR count). The van der Waals surface area contributed by atoms with Crippen LogP contribution in [0.15, 0.2) is 24.3 Å². The van der Waals surface area contributed by atoms with Gasteiger partial charge in [0.1, 0.15) is 0 Å². The van der Waals surface area contributed by atoms with E-state index in [-0.39, 0.29) is 18.2 Å². The van der Waals surface area contributed by atoms with Gasteiger partial charge in [-0.25, -0.2) is 0 Å². The molecule has 3 aliphatic rings. The van der Waals surface area contributed by atoms with Gasteiger partial charge in [0, 0.05) is 36.9 Å². The lowest BCUT2D eigenvalue weighted by Gasteiger charge is -2.35. The van der Waals surface area contributed by atoms with Crippen LogP contribution >= 0.6 is 0 Å². The first-order valence-electron chi connectivity index (χ1n) is 10.7. The van der Waals surface area contributed by atoms with Crippen molar-refractivity contribution in [3.05, 3.63) is 24.3 Å². The molecule has 0 spiro atoms. The minimum atomic E-state index is -1.26. The molecule has 2 amide bonds. The van der Waals surface area contributed by atoms with Gasteiger partial charge < -0.3 is 20.3 Å². The van der Waals surface area contributed by atoms with Crippen LogP contribution in [0.2, 0.25) is 0 Å². The lowest BCUT2D eigenvalue weighted by molar-refractivity contribution is -0.143. The average Bonchev–Trinajstić information content (AvgIpc) is 2.75. The Hall–Kier alpha value is -2.41. The van der Waals surface area contributed by atoms with Crippen molar-refractivity contribution < 1.29 is 19.1 Å². The number of anilines is 2. The number of amides is 2. The fourth-order valence-corrected chi connectivity index (χ4v) is 4.68. The molecular weight excluding hydrogens is 370 g/mol. The van der Waals surface area contributed by atoms with Crippen LogP contribution in [0, 0.1) is 11.8 Å². The van der Waals surface area contributed by atoms with Gasteiger partial charge >= 0.3 is 0 Å². The largest absolute Gasteiger partial charge is 0.378 e. The number of nitrogens with one attached hydrogen (secondary N) is 2. The van der Waals surface area contributed by atoms with Crippen molar-refractivity contribution in [1.29, 1.82) is 0 Å². The average molecular weight is 399 g/mol. The van der Waals surface area contributed by atoms with Crippen LogP contribution in [0.4, 0.5) is 11.4 Å². The van der Waals surface area contributed by atoms with E-state index in [1.165, 1.54) is 6.42 Å². The Morgan fingerprint density at radius 2 is 1.72 bits per heavy atom. The number of ketones is 1. The first-order valence-corrected chi connectivity index (χ1v) is 10.7. The molecule has 2 saturated heterocycles. The van der Waals surface area contributed by atoms with Gasteiger partial charge in [-0.1, -0.05) is 19.3 Å². The number of ether oxygens (including phenoxy) is 1. The molecule has 7 heteroatoms. The highest BCUT2D eigenvalue weighted by atomic mass is 16.5. The van der Waals surface area contributed by atoms with Gasteiger partial charge in [-0.2, -0.15) is 0 Å². The molecule has 0 aromatic heterocycles. The predicted molar refractivity (Wildman–Crippen MR) is 110 cm³/mol. The molecule has 3 fully saturated rings. The molecule has 156 valence electrons. The van der Waals surface area contributed by atoms with E-state index >= 15 is 0 Å². The minimum absolute atomic E-state index is 0.118. The van der Waals surface area contributed by atoms with E-state index in [0.717, 1.165) is 44.5 Å². The predicted octanol–water partition coefficient (Wildman–Crippen LogP) is 2.12. The SMILES string of the molecule is O=C1CC(C2CCCCC2)NC(=O)C1C(=O)Nc1ccc(N2CCOCC2)cc1. The van der Waals surface area contributed by atoms with Gasteiger partial charge in [0.2, 0.25) is 11.8 Å². The first kappa shape index (κ1) is 19.9. The van der Waals surface area contributed by atoms with Gasteiger partial charge in [0.25, 0.3) is 0 Å². The summed E-state index contributed by atoms with van der Waals surface area (Å²) in [4.78, 5) is 40.0. The Kier molecular flexibility index (Phi) is 6.13. The van der Waals surface area contributed by atoms with Crippen LogP contribution in [0.25, 0.3) is 0 Å². The number of benzene rings is 1. The fraction of sp³-hybridized carbons (Fsp3) is 0.591. The van der Waals surface area contributed by atoms with E-state index in [4.69, 9.17) is 4.74 Å². The third-order valence-electron chi connectivity index (χ3n) is 6.33. The number of carbonyl (C=O) groups excluding carboxylic acids is 3. The molecule has 1 aliphatic carbocycles. The van der Waals surface area contributed by atoms with Crippen LogP contribution in [-0.2, 0) is 19.1 Å². The topological polar surface area (TPSA) is 87.7 Å². The van der Waals surface area contributed by atoms with Crippen LogP contribution < -0.4 is 15.5 Å². The number of hydrogen-bond donors (Lipinski definition) is 2. The molecule has 2 atom stereocenters. The summed E-state index contributed by atoms with van der Waals surface area (Å²) in [6.07, 6.45) is 5.87. The number of nitrogens with zero attached hydrogens (tertiary/aromatic N) is 1. The maximum atomic E-state index is 12.6. The monoisotopic (exact) mass is 399 g/mol. The summed E-state index contributed by atoms with van der Waals surface area (Å²) in [6.45, 7) is 3.09. The second kappa shape index (κ2) is 8.95. The number of Topliss-reactive ketones (excluding diaryl/α,β-unsaturated/α-hetero) is 1. The van der Waals surface area contributed by atoms with Crippen LogP contribution in [0.5, 0.6) is 0 Å². The summed E-state index contributed by atoms with van der Waals surface area (Å²) < 4.78 is 5.36. The second-order valence-corrected chi connectivity index (χ2v) is 8.25. The normalized spacial score (nSPS) is 26.1. The maximum absolute atomic E-state index is 12.6. The Labute approximate surface area is 171 Å². The Morgan fingerprint density at radius 3 is 2.38 bits per heavy atom. The highest BCUT2D eigenvalue weighted by Gasteiger charge is 2.42. The van der Waals surface area contributed by atoms with Gasteiger partial charge in [-0.05, 0) is 43.0 Å². The summed E-state index contributed by atoms with van der Waals surface area (Å²) >= 11 is 0. The molecule has 0 radical (unpaired) electrons. The Balaban J connectivity index is 1.35. The maximum Gasteiger partial charge on any atom is 0.244 e. The van der Waals surface area contributed by atoms with Gasteiger partial charge in [0.15, 0.2) is 11.7 Å². The molecular formula is C22H29N3O4. The molecule has 2 heterocycles. The van der Waals surface area contributed by atoms with E-state index in [1.807, 2.05) is 12.1 Å². The number of hydrogen-bond acceptors (Lipinski definition) is 5. The molecule has 1 aromatic rings. The minimum Gasteiger partial charge on any atom is -0.378 e. The standard InChI is InChI=1S/C22H29N3O4/c26-19-14-18(15-4-2-1-3-5-15)24-22(28)20(19)21(27)23-16-6-8-17(9-7-16)25-10-12-29-13-11-25/h6-9,15,18,20H,1-5,10-14H2,(H,23,27)(H,24,28). The van der Waals surface area contributed by atoms with Crippen molar-refractivity contribution >= 4 is 29.0 Å². The molecule has 0 bridgehead atoms. The third kappa shape index (κ3) is 4.61. The zero-order valence-corrected chi connectivity index (χ0v) is 16.7. The number of morpholine rings is 1. The van der Waals surface area contributed by atoms with Crippen LogP contribution in [0.1, 0.15) is 38.5 Å². The smallest absolute Gasteiger partial charge is 0.244 e. The first-order chi connectivity index (χ1) is 14.1. The lowest BCUT2D eigenvalue weighted by atomic mass is 9.78. The molecule has 1 aromatic carbocycles. The van der Waals surface area contributed by atoms with E-state index in [1.54, 1.807) is 12.1 Å². The molecule has 29 heavy (non-hydrogen) atoms. The molecule has 2 aliphatic heterocycles. The highest BCUT2D eigenvalue weighted by Crippen LogP contribution is 2.30. The number of piperidine rings is 1. The van der Waals surface area contributed by atoms with Crippen molar-refractivity contribution in [2.45, 2.75) is 44.6 Å². The quantitative estimate of drug-likeness (QED) is 0.758. The number of rotatable bonds is 4. The Morgan fingerprint density at radius 1 is 1.03 bits per heavy atom. The molecule has 2 unspecified atom stereocenters. The summed E-state index contributed by atoms with van der Waals surface area (Å²) in [7, 11) is 0. The second-order valence-electron chi connectivity index (χ2n) is 8.25. The molecule has 2 N–H and O–H groups in total. The lowest BCUT2D eigenvalue weighted by Crippen LogP contribution is -2.55. The van der Waals surface area contributed by atoms with Crippen LogP contribution in [0.3, 0.4) is 0 Å². The van der Waals surface area contributed by atoms with E-state index in [9.17, 15) is 14.4 Å². The summed E-state index contributed by atoms with van der Waals surface area (Å²) in [5, 5.41) is 5.68. The zero-order valence-electron chi connectivity index (χ0n) is 16.7. The van der Waals surface area contributed by atoms with Crippen molar-refractivity contribution in [3.8, 4) is 0 Å². The van der Waals surface area contributed by atoms with Crippen molar-refractivity contribution in [1.82, 2.24) is 5.32 Å². The van der Waals surface area contributed by atoms with E-state index in [2.05, 4.69) is 15.5 Å². The van der Waals surface area contributed by atoms with E-state index in [0.29, 0.717) is 24.8 Å². The Bertz CT molecular complexity index is 734. The van der Waals surface area contributed by atoms with Gasteiger partial charge in [-0.15, -0.1) is 0 Å². The van der Waals surface area contributed by atoms with Crippen molar-refractivity contribution in [3.63, 3.8) is 0 Å². The summed E-state index contributed by atoms with van der Waals surface area (Å²) in [5.41, 5.74) is 1.65. The van der Waals surface area contributed by atoms with Crippen molar-refractivity contribution in [2.75, 3.05) is 36.5 Å². The fourth-order valence-electron chi connectivity index (χ4n) is 4.68. The van der Waals surface area contributed by atoms with Gasteiger partial charge in [0.05, 0.1) is 13.2 Å². The molecule has 1 saturated carbocycles. The third-order valence-corrected chi connectivity index (χ3v) is 6.33. The number of carbonyl (C=O) groups is 3. The summed E-state index contributed by atoms with van der Waals surface area (Å²) in [6, 6.07) is 7.36. The van der Waals surface area contributed by atoms with Crippen molar-refractivity contribution in [2.24, 2.45) is 11.8 Å². The highest BCUT2D eigenvalue weighted by molar-refractivity contribution is 6.22. The molecule has 7 nitrogen and oxygen atoms in total. The van der Waals surface area contributed by atoms with Gasteiger partial charge in [-0.3, -0.25) is 14.4 Å². The summed E-state index contributed by atoms with van der Waals surface area (Å²) in [5.74, 6) is -2.18. The van der Waals surface area contributed by atoms with E-state index < -0.39 is 17.7 Å². The zero-order chi connectivity index (χ0) is 20.2.